The summed E-state index contributed by atoms with van der Waals surface area (Å²) in [5.41, 5.74) is -0.472. The van der Waals surface area contributed by atoms with Crippen LogP contribution in [-0.2, 0) is 11.0 Å². The van der Waals surface area contributed by atoms with E-state index in [2.05, 4.69) is 5.32 Å². The molecule has 23 heavy (non-hydrogen) atoms. The summed E-state index contributed by atoms with van der Waals surface area (Å²) >= 11 is 0. The van der Waals surface area contributed by atoms with Crippen LogP contribution >= 0.6 is 0 Å². The molecule has 0 aliphatic carbocycles. The quantitative estimate of drug-likeness (QED) is 0.768. The second kappa shape index (κ2) is 5.24. The Morgan fingerprint density at radius 3 is 2.65 bits per heavy atom. The number of aliphatic hydroxyl groups is 2. The molecule has 0 bridgehead atoms. The third-order valence-electron chi connectivity index (χ3n) is 4.14. The average Bonchev–Trinajstić information content (AvgIpc) is 2.72. The van der Waals surface area contributed by atoms with Gasteiger partial charge in [-0.05, 0) is 13.0 Å². The molecule has 124 valence electrons. The van der Waals surface area contributed by atoms with E-state index in [0.29, 0.717) is 5.57 Å². The topological polar surface area (TPSA) is 72.8 Å². The molecule has 3 N–H and O–H groups in total. The number of nitrogens with zero attached hydrogens (tertiary/aromatic N) is 1. The number of fused-ring (bicyclic) bond motifs is 2. The lowest BCUT2D eigenvalue weighted by molar-refractivity contribution is -0.137. The third-order valence-corrected chi connectivity index (χ3v) is 4.14. The van der Waals surface area contributed by atoms with Gasteiger partial charge < -0.3 is 20.4 Å². The summed E-state index contributed by atoms with van der Waals surface area (Å²) in [5.74, 6) is -0.574. The van der Waals surface area contributed by atoms with Gasteiger partial charge in [0.15, 0.2) is 6.23 Å². The number of anilines is 1. The van der Waals surface area contributed by atoms with Crippen molar-refractivity contribution in [1.82, 2.24) is 4.90 Å². The summed E-state index contributed by atoms with van der Waals surface area (Å²) < 4.78 is 39.6. The molecule has 0 saturated carbocycles. The standard InChI is InChI=1S/C15H15F3N2O3/c1-7-10-11(14(23)20(5-6-21)13(10)22)8-3-2-4-9(12(8)19-7)15(16,17)18/h2-4,7,13,19,21-22H,5-6H2,1H3. The first-order valence-corrected chi connectivity index (χ1v) is 7.08. The van der Waals surface area contributed by atoms with Crippen LogP contribution in [0.15, 0.2) is 23.8 Å². The van der Waals surface area contributed by atoms with Crippen molar-refractivity contribution in [3.63, 3.8) is 0 Å². The Morgan fingerprint density at radius 1 is 1.35 bits per heavy atom. The third kappa shape index (κ3) is 2.29. The maximum absolute atomic E-state index is 13.2. The molecule has 3 rings (SSSR count). The Kier molecular flexibility index (Phi) is 3.61. The van der Waals surface area contributed by atoms with Crippen molar-refractivity contribution in [1.29, 1.82) is 0 Å². The van der Waals surface area contributed by atoms with Crippen LogP contribution in [0.5, 0.6) is 0 Å². The number of halogens is 3. The second-order valence-corrected chi connectivity index (χ2v) is 5.52. The summed E-state index contributed by atoms with van der Waals surface area (Å²) in [5, 5.41) is 22.0. The first-order chi connectivity index (χ1) is 10.8. The van der Waals surface area contributed by atoms with E-state index in [-0.39, 0.29) is 30.0 Å². The van der Waals surface area contributed by atoms with E-state index in [4.69, 9.17) is 5.11 Å². The Balaban J connectivity index is 2.18. The minimum Gasteiger partial charge on any atom is -0.395 e. The van der Waals surface area contributed by atoms with Gasteiger partial charge in [-0.25, -0.2) is 0 Å². The van der Waals surface area contributed by atoms with Gasteiger partial charge in [-0.1, -0.05) is 12.1 Å². The Bertz CT molecular complexity index is 700. The van der Waals surface area contributed by atoms with Crippen molar-refractivity contribution in [3.05, 3.63) is 34.9 Å². The molecule has 2 aliphatic rings. The first-order valence-electron chi connectivity index (χ1n) is 7.08. The molecule has 2 aliphatic heterocycles. The van der Waals surface area contributed by atoms with Crippen LogP contribution in [0, 0.1) is 0 Å². The SMILES string of the molecule is CC1Nc2c(cccc2C(F)(F)F)C2=C1C(O)N(CCO)C2=O. The van der Waals surface area contributed by atoms with E-state index < -0.39 is 29.9 Å². The Hall–Kier alpha value is -2.06. The maximum Gasteiger partial charge on any atom is 0.418 e. The smallest absolute Gasteiger partial charge is 0.395 e. The van der Waals surface area contributed by atoms with Crippen molar-refractivity contribution in [2.75, 3.05) is 18.5 Å². The molecule has 2 unspecified atom stereocenters. The number of carbonyl (C=O) groups is 1. The molecule has 1 aromatic carbocycles. The predicted octanol–water partition coefficient (Wildman–Crippen LogP) is 1.43. The molecule has 1 amide bonds. The Morgan fingerprint density at radius 2 is 2.04 bits per heavy atom. The van der Waals surface area contributed by atoms with E-state index in [1.807, 2.05) is 0 Å². The number of hydrogen-bond acceptors (Lipinski definition) is 4. The Labute approximate surface area is 130 Å². The zero-order valence-electron chi connectivity index (χ0n) is 12.2. The number of nitrogens with one attached hydrogen (secondary N) is 1. The van der Waals surface area contributed by atoms with Gasteiger partial charge in [-0.15, -0.1) is 0 Å². The van der Waals surface area contributed by atoms with Gasteiger partial charge in [-0.2, -0.15) is 13.2 Å². The minimum absolute atomic E-state index is 0.0818. The first kappa shape index (κ1) is 15.8. The highest BCUT2D eigenvalue weighted by Gasteiger charge is 2.45. The van der Waals surface area contributed by atoms with Crippen molar-refractivity contribution < 1.29 is 28.2 Å². The highest BCUT2D eigenvalue weighted by molar-refractivity contribution is 6.25. The van der Waals surface area contributed by atoms with Crippen LogP contribution in [0.3, 0.4) is 0 Å². The fraction of sp³-hybridized carbons (Fsp3) is 0.400. The van der Waals surface area contributed by atoms with Crippen molar-refractivity contribution in [2.24, 2.45) is 0 Å². The van der Waals surface area contributed by atoms with Crippen molar-refractivity contribution in [3.8, 4) is 0 Å². The van der Waals surface area contributed by atoms with Crippen LogP contribution in [0.4, 0.5) is 18.9 Å². The highest BCUT2D eigenvalue weighted by atomic mass is 19.4. The summed E-state index contributed by atoms with van der Waals surface area (Å²) in [6.07, 6.45) is -5.81. The maximum atomic E-state index is 13.2. The van der Waals surface area contributed by atoms with Gasteiger partial charge in [0.05, 0.1) is 29.5 Å². The zero-order chi connectivity index (χ0) is 16.9. The average molecular weight is 328 g/mol. The normalized spacial score (nSPS) is 23.7. The van der Waals surface area contributed by atoms with E-state index in [1.54, 1.807) is 6.92 Å². The van der Waals surface area contributed by atoms with Crippen molar-refractivity contribution >= 4 is 17.2 Å². The van der Waals surface area contributed by atoms with E-state index in [1.165, 1.54) is 12.1 Å². The molecule has 0 spiro atoms. The predicted molar refractivity (Wildman–Crippen MR) is 76.3 cm³/mol. The fourth-order valence-electron chi connectivity index (χ4n) is 3.16. The summed E-state index contributed by atoms with van der Waals surface area (Å²) in [4.78, 5) is 13.6. The largest absolute Gasteiger partial charge is 0.418 e. The lowest BCUT2D eigenvalue weighted by Crippen LogP contribution is -2.39. The van der Waals surface area contributed by atoms with Gasteiger partial charge in [0, 0.05) is 17.7 Å². The lowest BCUT2D eigenvalue weighted by atomic mass is 9.89. The van der Waals surface area contributed by atoms with Crippen LogP contribution in [0.2, 0.25) is 0 Å². The van der Waals surface area contributed by atoms with Gasteiger partial charge in [0.25, 0.3) is 5.91 Å². The lowest BCUT2D eigenvalue weighted by Gasteiger charge is -2.29. The van der Waals surface area contributed by atoms with E-state index >= 15 is 0 Å². The number of alkyl halides is 3. The summed E-state index contributed by atoms with van der Waals surface area (Å²) in [7, 11) is 0. The highest BCUT2D eigenvalue weighted by Crippen LogP contribution is 2.46. The van der Waals surface area contributed by atoms with Gasteiger partial charge in [0.2, 0.25) is 0 Å². The van der Waals surface area contributed by atoms with Crippen LogP contribution in [0.1, 0.15) is 18.1 Å². The molecule has 0 radical (unpaired) electrons. The minimum atomic E-state index is -4.55. The molecule has 2 heterocycles. The van der Waals surface area contributed by atoms with Crippen LogP contribution in [-0.4, -0.2) is 46.4 Å². The molecule has 1 aromatic rings. The van der Waals surface area contributed by atoms with E-state index in [0.717, 1.165) is 11.0 Å². The monoisotopic (exact) mass is 328 g/mol. The van der Waals surface area contributed by atoms with Gasteiger partial charge in [-0.3, -0.25) is 4.79 Å². The van der Waals surface area contributed by atoms with Crippen LogP contribution in [0.25, 0.3) is 5.57 Å². The molecule has 2 atom stereocenters. The number of benzene rings is 1. The number of para-hydroxylation sites is 1. The number of aliphatic hydroxyl groups excluding tert-OH is 2. The molecule has 5 nitrogen and oxygen atoms in total. The van der Waals surface area contributed by atoms with Gasteiger partial charge >= 0.3 is 6.18 Å². The second-order valence-electron chi connectivity index (χ2n) is 5.52. The number of hydrogen-bond donors (Lipinski definition) is 3. The molecular formula is C15H15F3N2O3. The zero-order valence-corrected chi connectivity index (χ0v) is 12.2. The number of amides is 1. The number of rotatable bonds is 2. The molecule has 8 heteroatoms. The molecule has 0 fully saturated rings. The summed E-state index contributed by atoms with van der Waals surface area (Å²) in [6, 6.07) is 2.97. The molecule has 0 saturated heterocycles. The molecule has 0 aromatic heterocycles. The van der Waals surface area contributed by atoms with Gasteiger partial charge in [0.1, 0.15) is 0 Å². The van der Waals surface area contributed by atoms with E-state index in [9.17, 15) is 23.1 Å². The molecular weight excluding hydrogens is 313 g/mol. The number of carbonyl (C=O) groups excluding carboxylic acids is 1. The van der Waals surface area contributed by atoms with Crippen molar-refractivity contribution in [2.45, 2.75) is 25.4 Å². The summed E-state index contributed by atoms with van der Waals surface area (Å²) in [6.45, 7) is 1.15. The van der Waals surface area contributed by atoms with Crippen LogP contribution < -0.4 is 5.32 Å². The fourth-order valence-corrected chi connectivity index (χ4v) is 3.16. The number of β-amino-alcohol motifs (C(OH)–C–C–N with tert-alkyl or cyclic N) is 1.